The molecule has 0 unspecified atom stereocenters. The van der Waals surface area contributed by atoms with Crippen molar-refractivity contribution < 1.29 is 13.6 Å². The minimum atomic E-state index is -3.18. The van der Waals surface area contributed by atoms with Crippen molar-refractivity contribution in [2.75, 3.05) is 13.1 Å². The highest BCUT2D eigenvalue weighted by atomic mass is 19.3. The van der Waals surface area contributed by atoms with E-state index in [2.05, 4.69) is 0 Å². The van der Waals surface area contributed by atoms with Gasteiger partial charge in [0.05, 0.1) is 0 Å². The number of hydrogen-bond acceptors (Lipinski definition) is 1. The van der Waals surface area contributed by atoms with Crippen LogP contribution >= 0.6 is 0 Å². The average Bonchev–Trinajstić information content (AvgIpc) is 2.44. The number of carbonyl (C=O) groups is 1. The highest BCUT2D eigenvalue weighted by Crippen LogP contribution is 2.32. The fourth-order valence-corrected chi connectivity index (χ4v) is 1.67. The number of hydrogen-bond donors (Lipinski definition) is 0. The molecule has 0 bridgehead atoms. The highest BCUT2D eigenvalue weighted by molar-refractivity contribution is 5.83. The van der Waals surface area contributed by atoms with Crippen LogP contribution in [0.4, 0.5) is 8.78 Å². The van der Waals surface area contributed by atoms with Crippen molar-refractivity contribution in [3.05, 3.63) is 0 Å². The molecular formula is C10H17F2NO. The summed E-state index contributed by atoms with van der Waals surface area (Å²) in [5.41, 5.74) is -0.0144. The van der Waals surface area contributed by atoms with Crippen molar-refractivity contribution in [3.8, 4) is 0 Å². The monoisotopic (exact) mass is 205 g/mol. The first kappa shape index (κ1) is 11.4. The Morgan fingerprint density at radius 3 is 2.43 bits per heavy atom. The van der Waals surface area contributed by atoms with Crippen molar-refractivity contribution in [2.45, 2.75) is 39.5 Å². The lowest BCUT2D eigenvalue weighted by molar-refractivity contribution is -0.157. The van der Waals surface area contributed by atoms with Crippen molar-refractivity contribution in [1.29, 1.82) is 0 Å². The summed E-state index contributed by atoms with van der Waals surface area (Å²) < 4.78 is 26.1. The topological polar surface area (TPSA) is 20.3 Å². The van der Waals surface area contributed by atoms with E-state index in [1.54, 1.807) is 0 Å². The van der Waals surface area contributed by atoms with Crippen LogP contribution in [0.5, 0.6) is 0 Å². The molecule has 4 heteroatoms. The number of halogens is 2. The first-order chi connectivity index (χ1) is 6.28. The molecule has 0 aromatic rings. The van der Waals surface area contributed by atoms with Gasteiger partial charge in [-0.15, -0.1) is 0 Å². The molecule has 2 nitrogen and oxygen atoms in total. The molecule has 14 heavy (non-hydrogen) atoms. The smallest absolute Gasteiger partial charge is 0.324 e. The second-order valence-electron chi connectivity index (χ2n) is 4.70. The summed E-state index contributed by atoms with van der Waals surface area (Å²) in [6, 6.07) is 0. The van der Waals surface area contributed by atoms with E-state index < -0.39 is 18.3 Å². The molecule has 1 saturated heterocycles. The molecule has 0 N–H and O–H groups in total. The molecule has 1 rings (SSSR count). The van der Waals surface area contributed by atoms with Gasteiger partial charge in [0, 0.05) is 19.5 Å². The molecule has 0 aromatic heterocycles. The third-order valence-electron chi connectivity index (χ3n) is 2.72. The third-order valence-corrected chi connectivity index (χ3v) is 2.72. The summed E-state index contributed by atoms with van der Waals surface area (Å²) in [5, 5.41) is 0. The number of likely N-dealkylation sites (tertiary alicyclic amines) is 1. The maximum atomic E-state index is 13.1. The minimum absolute atomic E-state index is 0.0144. The molecule has 1 fully saturated rings. The first-order valence-corrected chi connectivity index (χ1v) is 4.96. The Labute approximate surface area is 83.3 Å². The molecule has 1 amide bonds. The second-order valence-corrected chi connectivity index (χ2v) is 4.70. The van der Waals surface area contributed by atoms with Crippen LogP contribution in [0.15, 0.2) is 0 Å². The normalized spacial score (nSPS) is 21.4. The molecule has 82 valence electrons. The quantitative estimate of drug-likeness (QED) is 0.677. The minimum Gasteiger partial charge on any atom is -0.337 e. The van der Waals surface area contributed by atoms with Crippen molar-refractivity contribution >= 4 is 5.91 Å². The van der Waals surface area contributed by atoms with Gasteiger partial charge >= 0.3 is 5.92 Å². The molecule has 0 aromatic carbocycles. The molecule has 0 spiro atoms. The molecule has 1 aliphatic rings. The van der Waals surface area contributed by atoms with Crippen LogP contribution in [0.2, 0.25) is 0 Å². The lowest BCUT2D eigenvalue weighted by Gasteiger charge is -2.23. The van der Waals surface area contributed by atoms with E-state index in [4.69, 9.17) is 0 Å². The van der Waals surface area contributed by atoms with Crippen LogP contribution < -0.4 is 0 Å². The molecular weight excluding hydrogens is 188 g/mol. The SMILES string of the molecule is CCC(F)(F)C(=O)N1CCC(C)(C)C1. The summed E-state index contributed by atoms with van der Waals surface area (Å²) in [6.45, 7) is 6.22. The van der Waals surface area contributed by atoms with Crippen LogP contribution in [0, 0.1) is 5.41 Å². The van der Waals surface area contributed by atoms with Crippen molar-refractivity contribution in [1.82, 2.24) is 4.90 Å². The van der Waals surface area contributed by atoms with E-state index >= 15 is 0 Å². The van der Waals surface area contributed by atoms with E-state index in [-0.39, 0.29) is 5.41 Å². The van der Waals surface area contributed by atoms with Gasteiger partial charge in [0.2, 0.25) is 0 Å². The fourth-order valence-electron chi connectivity index (χ4n) is 1.67. The van der Waals surface area contributed by atoms with Gasteiger partial charge in [-0.1, -0.05) is 20.8 Å². The molecule has 0 saturated carbocycles. The Balaban J connectivity index is 2.65. The molecule has 0 aliphatic carbocycles. The Kier molecular flexibility index (Phi) is 2.83. The Bertz CT molecular complexity index is 238. The maximum Gasteiger partial charge on any atom is 0.324 e. The number of carbonyl (C=O) groups excluding carboxylic acids is 1. The zero-order chi connectivity index (χ0) is 11.0. The lowest BCUT2D eigenvalue weighted by Crippen LogP contribution is -2.42. The summed E-state index contributed by atoms with van der Waals surface area (Å²) in [5.74, 6) is -4.19. The van der Waals surface area contributed by atoms with Crippen LogP contribution in [0.1, 0.15) is 33.6 Å². The predicted octanol–water partition coefficient (Wildman–Crippen LogP) is 2.29. The Hall–Kier alpha value is -0.670. The Morgan fingerprint density at radius 1 is 1.50 bits per heavy atom. The number of alkyl halides is 2. The van der Waals surface area contributed by atoms with Crippen molar-refractivity contribution in [3.63, 3.8) is 0 Å². The van der Waals surface area contributed by atoms with Gasteiger partial charge in [0.1, 0.15) is 0 Å². The Morgan fingerprint density at radius 2 is 2.07 bits per heavy atom. The first-order valence-electron chi connectivity index (χ1n) is 4.96. The van der Waals surface area contributed by atoms with Gasteiger partial charge in [-0.2, -0.15) is 8.78 Å². The van der Waals surface area contributed by atoms with Gasteiger partial charge in [-0.05, 0) is 11.8 Å². The van der Waals surface area contributed by atoms with E-state index in [1.807, 2.05) is 13.8 Å². The van der Waals surface area contributed by atoms with Gasteiger partial charge in [0.15, 0.2) is 0 Å². The summed E-state index contributed by atoms with van der Waals surface area (Å²) in [7, 11) is 0. The highest BCUT2D eigenvalue weighted by Gasteiger charge is 2.43. The largest absolute Gasteiger partial charge is 0.337 e. The molecule has 1 aliphatic heterocycles. The summed E-state index contributed by atoms with van der Waals surface area (Å²) >= 11 is 0. The maximum absolute atomic E-state index is 13.1. The second kappa shape index (κ2) is 3.48. The molecule has 0 radical (unpaired) electrons. The van der Waals surface area contributed by atoms with E-state index in [1.165, 1.54) is 11.8 Å². The molecule has 0 atom stereocenters. The third kappa shape index (κ3) is 2.22. The summed E-state index contributed by atoms with van der Waals surface area (Å²) in [6.07, 6.45) is 0.390. The van der Waals surface area contributed by atoms with Gasteiger partial charge in [-0.25, -0.2) is 0 Å². The number of amides is 1. The number of rotatable bonds is 2. The summed E-state index contributed by atoms with van der Waals surface area (Å²) in [4.78, 5) is 12.6. The van der Waals surface area contributed by atoms with Crippen LogP contribution in [0.25, 0.3) is 0 Å². The van der Waals surface area contributed by atoms with Crippen LogP contribution in [0.3, 0.4) is 0 Å². The van der Waals surface area contributed by atoms with Crippen molar-refractivity contribution in [2.24, 2.45) is 5.41 Å². The van der Waals surface area contributed by atoms with Crippen LogP contribution in [-0.4, -0.2) is 29.8 Å². The molecule has 1 heterocycles. The predicted molar refractivity (Wildman–Crippen MR) is 50.2 cm³/mol. The lowest BCUT2D eigenvalue weighted by atomic mass is 9.93. The average molecular weight is 205 g/mol. The number of nitrogens with zero attached hydrogens (tertiary/aromatic N) is 1. The zero-order valence-corrected chi connectivity index (χ0v) is 8.94. The van der Waals surface area contributed by atoms with Gasteiger partial charge in [0.25, 0.3) is 5.91 Å². The standard InChI is InChI=1S/C10H17F2NO/c1-4-10(11,12)8(14)13-6-5-9(2,3)7-13/h4-7H2,1-3H3. The van der Waals surface area contributed by atoms with Gasteiger partial charge in [-0.3, -0.25) is 4.79 Å². The fraction of sp³-hybridized carbons (Fsp3) is 0.900. The van der Waals surface area contributed by atoms with Gasteiger partial charge < -0.3 is 4.90 Å². The van der Waals surface area contributed by atoms with E-state index in [9.17, 15) is 13.6 Å². The van der Waals surface area contributed by atoms with E-state index in [0.717, 1.165) is 6.42 Å². The zero-order valence-electron chi connectivity index (χ0n) is 8.94. The van der Waals surface area contributed by atoms with E-state index in [0.29, 0.717) is 13.1 Å². The van der Waals surface area contributed by atoms with Crippen LogP contribution in [-0.2, 0) is 4.79 Å².